The summed E-state index contributed by atoms with van der Waals surface area (Å²) in [5.41, 5.74) is 5.65. The van der Waals surface area contributed by atoms with Crippen molar-refractivity contribution in [2.75, 3.05) is 19.8 Å². The van der Waals surface area contributed by atoms with Crippen molar-refractivity contribution in [3.63, 3.8) is 0 Å². The molecule has 1 aromatic heterocycles. The van der Waals surface area contributed by atoms with E-state index in [1.54, 1.807) is 11.3 Å². The van der Waals surface area contributed by atoms with Crippen LogP contribution in [0.5, 0.6) is 0 Å². The lowest BCUT2D eigenvalue weighted by Crippen LogP contribution is -2.18. The molecule has 15 heavy (non-hydrogen) atoms. The van der Waals surface area contributed by atoms with Gasteiger partial charge in [-0.2, -0.15) is 0 Å². The van der Waals surface area contributed by atoms with E-state index in [1.165, 1.54) is 4.88 Å². The van der Waals surface area contributed by atoms with Gasteiger partial charge in [-0.25, -0.2) is 0 Å². The Bertz CT molecular complexity index is 249. The van der Waals surface area contributed by atoms with E-state index < -0.39 is 0 Å². The number of hydrogen-bond donors (Lipinski definition) is 1. The first kappa shape index (κ1) is 12.6. The van der Waals surface area contributed by atoms with Crippen LogP contribution in [0.25, 0.3) is 0 Å². The van der Waals surface area contributed by atoms with Gasteiger partial charge in [-0.05, 0) is 25.3 Å². The summed E-state index contributed by atoms with van der Waals surface area (Å²) in [6.45, 7) is 5.76. The smallest absolute Gasteiger partial charge is 0.104 e. The molecule has 2 N–H and O–H groups in total. The molecule has 0 spiro atoms. The maximum Gasteiger partial charge on any atom is 0.104 e. The minimum Gasteiger partial charge on any atom is -0.376 e. The summed E-state index contributed by atoms with van der Waals surface area (Å²) >= 11 is 1.67. The van der Waals surface area contributed by atoms with Gasteiger partial charge in [0.25, 0.3) is 0 Å². The first-order valence-electron chi connectivity index (χ1n) is 5.20. The fourth-order valence-corrected chi connectivity index (χ4v) is 2.00. The van der Waals surface area contributed by atoms with Gasteiger partial charge in [0.1, 0.15) is 6.10 Å². The summed E-state index contributed by atoms with van der Waals surface area (Å²) in [7, 11) is 0. The topological polar surface area (TPSA) is 44.5 Å². The first-order chi connectivity index (χ1) is 7.24. The monoisotopic (exact) mass is 229 g/mol. The van der Waals surface area contributed by atoms with E-state index in [9.17, 15) is 0 Å². The van der Waals surface area contributed by atoms with Crippen molar-refractivity contribution in [3.05, 3.63) is 22.4 Å². The average Bonchev–Trinajstić information content (AvgIpc) is 2.70. The molecular formula is C11H19NO2S. The van der Waals surface area contributed by atoms with E-state index in [0.717, 1.165) is 0 Å². The molecule has 0 aromatic carbocycles. The van der Waals surface area contributed by atoms with E-state index in [-0.39, 0.29) is 12.2 Å². The fourth-order valence-electron chi connectivity index (χ4n) is 1.21. The van der Waals surface area contributed by atoms with Crippen molar-refractivity contribution in [2.45, 2.75) is 26.1 Å². The van der Waals surface area contributed by atoms with Crippen LogP contribution in [-0.4, -0.2) is 25.9 Å². The minimum absolute atomic E-state index is 0.0146. The van der Waals surface area contributed by atoms with Crippen LogP contribution in [0.3, 0.4) is 0 Å². The number of rotatable bonds is 7. The van der Waals surface area contributed by atoms with E-state index in [0.29, 0.717) is 19.8 Å². The summed E-state index contributed by atoms with van der Waals surface area (Å²) in [6, 6.07) is 4.06. The van der Waals surface area contributed by atoms with Crippen LogP contribution in [-0.2, 0) is 9.47 Å². The Balaban J connectivity index is 2.23. The van der Waals surface area contributed by atoms with Crippen molar-refractivity contribution in [1.82, 2.24) is 0 Å². The molecule has 3 nitrogen and oxygen atoms in total. The molecule has 86 valence electrons. The van der Waals surface area contributed by atoms with E-state index in [2.05, 4.69) is 0 Å². The second kappa shape index (κ2) is 6.95. The SMILES string of the molecule is CC(C)OCCOC(CN)c1cccs1. The molecule has 0 saturated carbocycles. The molecule has 0 saturated heterocycles. The summed E-state index contributed by atoms with van der Waals surface area (Å²) in [6.07, 6.45) is 0.271. The largest absolute Gasteiger partial charge is 0.376 e. The van der Waals surface area contributed by atoms with Crippen molar-refractivity contribution in [3.8, 4) is 0 Å². The van der Waals surface area contributed by atoms with Gasteiger partial charge in [0.05, 0.1) is 19.3 Å². The number of hydrogen-bond acceptors (Lipinski definition) is 4. The zero-order valence-corrected chi connectivity index (χ0v) is 10.1. The second-order valence-corrected chi connectivity index (χ2v) is 4.51. The van der Waals surface area contributed by atoms with Gasteiger partial charge >= 0.3 is 0 Å². The number of thiophene rings is 1. The molecular weight excluding hydrogens is 210 g/mol. The average molecular weight is 229 g/mol. The first-order valence-corrected chi connectivity index (χ1v) is 6.08. The lowest BCUT2D eigenvalue weighted by atomic mass is 10.3. The quantitative estimate of drug-likeness (QED) is 0.729. The summed E-state index contributed by atoms with van der Waals surface area (Å²) in [5.74, 6) is 0. The third-order valence-corrected chi connectivity index (χ3v) is 2.89. The summed E-state index contributed by atoms with van der Waals surface area (Å²) < 4.78 is 11.0. The molecule has 0 bridgehead atoms. The number of nitrogens with two attached hydrogens (primary N) is 1. The molecule has 1 heterocycles. The molecule has 0 fully saturated rings. The van der Waals surface area contributed by atoms with Gasteiger partial charge in [-0.1, -0.05) is 6.07 Å². The molecule has 1 rings (SSSR count). The van der Waals surface area contributed by atoms with Crippen molar-refractivity contribution < 1.29 is 9.47 Å². The highest BCUT2D eigenvalue weighted by Gasteiger charge is 2.10. The van der Waals surface area contributed by atoms with Crippen molar-refractivity contribution in [2.24, 2.45) is 5.73 Å². The highest BCUT2D eigenvalue weighted by atomic mass is 32.1. The van der Waals surface area contributed by atoms with Crippen molar-refractivity contribution >= 4 is 11.3 Å². The van der Waals surface area contributed by atoms with Crippen LogP contribution in [0.1, 0.15) is 24.8 Å². The molecule has 0 radical (unpaired) electrons. The lowest BCUT2D eigenvalue weighted by molar-refractivity contribution is -0.00932. The van der Waals surface area contributed by atoms with Gasteiger partial charge < -0.3 is 15.2 Å². The molecule has 1 atom stereocenters. The maximum absolute atomic E-state index is 5.65. The predicted molar refractivity (Wildman–Crippen MR) is 63.2 cm³/mol. The molecule has 1 aromatic rings. The Morgan fingerprint density at radius 3 is 2.60 bits per heavy atom. The van der Waals surface area contributed by atoms with E-state index in [4.69, 9.17) is 15.2 Å². The zero-order valence-electron chi connectivity index (χ0n) is 9.31. The Kier molecular flexibility index (Phi) is 5.86. The Labute approximate surface area is 95.2 Å². The van der Waals surface area contributed by atoms with Crippen LogP contribution < -0.4 is 5.73 Å². The Hall–Kier alpha value is -0.420. The summed E-state index contributed by atoms with van der Waals surface area (Å²) in [5, 5.41) is 2.03. The van der Waals surface area contributed by atoms with Gasteiger partial charge in [-0.15, -0.1) is 11.3 Å². The predicted octanol–water partition coefficient (Wildman–Crippen LogP) is 2.19. The molecule has 4 heteroatoms. The minimum atomic E-state index is 0.0146. The van der Waals surface area contributed by atoms with Gasteiger partial charge in [-0.3, -0.25) is 0 Å². The lowest BCUT2D eigenvalue weighted by Gasteiger charge is -2.15. The maximum atomic E-state index is 5.65. The van der Waals surface area contributed by atoms with Crippen LogP contribution in [0, 0.1) is 0 Å². The Morgan fingerprint density at radius 2 is 2.07 bits per heavy atom. The van der Waals surface area contributed by atoms with Gasteiger partial charge in [0, 0.05) is 11.4 Å². The van der Waals surface area contributed by atoms with E-state index >= 15 is 0 Å². The highest BCUT2D eigenvalue weighted by molar-refractivity contribution is 7.10. The summed E-state index contributed by atoms with van der Waals surface area (Å²) in [4.78, 5) is 1.18. The number of ether oxygens (including phenoxy) is 2. The standard InChI is InChI=1S/C11H19NO2S/c1-9(2)13-5-6-14-10(8-12)11-4-3-7-15-11/h3-4,7,9-10H,5-6,8,12H2,1-2H3. The van der Waals surface area contributed by atoms with E-state index in [1.807, 2.05) is 31.4 Å². The zero-order chi connectivity index (χ0) is 11.1. The van der Waals surface area contributed by atoms with Gasteiger partial charge in [0.15, 0.2) is 0 Å². The highest BCUT2D eigenvalue weighted by Crippen LogP contribution is 2.21. The molecule has 0 aliphatic rings. The molecule has 0 aliphatic carbocycles. The third-order valence-electron chi connectivity index (χ3n) is 1.93. The fraction of sp³-hybridized carbons (Fsp3) is 0.636. The normalized spacial score (nSPS) is 13.3. The van der Waals surface area contributed by atoms with Crippen LogP contribution in [0.2, 0.25) is 0 Å². The van der Waals surface area contributed by atoms with Crippen LogP contribution in [0.15, 0.2) is 17.5 Å². The Morgan fingerprint density at radius 1 is 1.33 bits per heavy atom. The molecule has 1 unspecified atom stereocenters. The van der Waals surface area contributed by atoms with Crippen molar-refractivity contribution in [1.29, 1.82) is 0 Å². The second-order valence-electron chi connectivity index (χ2n) is 3.53. The van der Waals surface area contributed by atoms with Crippen LogP contribution >= 0.6 is 11.3 Å². The molecule has 0 aliphatic heterocycles. The molecule has 0 amide bonds. The van der Waals surface area contributed by atoms with Gasteiger partial charge in [0.2, 0.25) is 0 Å². The third kappa shape index (κ3) is 4.75. The van der Waals surface area contributed by atoms with Crippen LogP contribution in [0.4, 0.5) is 0 Å².